The molecule has 0 aliphatic carbocycles. The predicted octanol–water partition coefficient (Wildman–Crippen LogP) is 0.527. The lowest BCUT2D eigenvalue weighted by atomic mass is 9.99. The number of hydrogen-bond donors (Lipinski definition) is 2. The number of primary amides is 1. The number of benzene rings is 1. The van der Waals surface area contributed by atoms with Gasteiger partial charge in [0.05, 0.1) is 6.61 Å². The number of carbonyl (C=O) groups excluding carboxylic acids is 4. The number of hydrogen-bond acceptors (Lipinski definition) is 6. The number of esters is 1. The van der Waals surface area contributed by atoms with Gasteiger partial charge in [-0.1, -0.05) is 0 Å². The Morgan fingerprint density at radius 1 is 1.26 bits per heavy atom. The molecule has 0 bridgehead atoms. The molecule has 0 saturated carbocycles. The van der Waals surface area contributed by atoms with E-state index in [9.17, 15) is 28.7 Å². The zero-order valence-electron chi connectivity index (χ0n) is 12.1. The maximum absolute atomic E-state index is 12.8. The van der Waals surface area contributed by atoms with Crippen molar-refractivity contribution >= 4 is 29.2 Å². The molecule has 0 heterocycles. The Labute approximate surface area is 130 Å². The Bertz CT molecular complexity index is 665. The van der Waals surface area contributed by atoms with Crippen LogP contribution in [0.2, 0.25) is 0 Å². The summed E-state index contributed by atoms with van der Waals surface area (Å²) < 4.78 is 17.3. The van der Waals surface area contributed by atoms with Crippen LogP contribution in [-0.4, -0.2) is 35.2 Å². The maximum Gasteiger partial charge on any atom is 0.326 e. The second kappa shape index (κ2) is 7.83. The molecular weight excluding hydrogens is 309 g/mol. The first-order valence-electron chi connectivity index (χ1n) is 6.48. The van der Waals surface area contributed by atoms with Gasteiger partial charge in [0.15, 0.2) is 0 Å². The minimum absolute atomic E-state index is 0.0688. The number of aliphatic hydroxyl groups excluding tert-OH is 1. The molecular formula is C15H14FNO6. The average Bonchev–Trinajstić information content (AvgIpc) is 2.47. The topological polar surface area (TPSA) is 124 Å². The highest BCUT2D eigenvalue weighted by atomic mass is 19.1. The molecule has 1 aromatic carbocycles. The van der Waals surface area contributed by atoms with E-state index in [0.29, 0.717) is 6.08 Å². The second-order valence-corrected chi connectivity index (χ2v) is 4.35. The molecule has 1 atom stereocenters. The second-order valence-electron chi connectivity index (χ2n) is 4.35. The first kappa shape index (κ1) is 18.0. The molecule has 3 N–H and O–H groups in total. The first-order chi connectivity index (χ1) is 10.8. The Hall–Kier alpha value is -3.03. The van der Waals surface area contributed by atoms with Gasteiger partial charge in [0.25, 0.3) is 0 Å². The molecule has 1 rings (SSSR count). The van der Waals surface area contributed by atoms with Gasteiger partial charge in [-0.05, 0) is 31.2 Å². The minimum Gasteiger partial charge on any atom is -0.507 e. The number of ether oxygens (including phenoxy) is 1. The average molecular weight is 323 g/mol. The number of ketones is 2. The zero-order valence-corrected chi connectivity index (χ0v) is 12.1. The number of Topliss-reactive ketones (excluding diaryl/α,β-unsaturated/α-hetero) is 1. The van der Waals surface area contributed by atoms with Crippen LogP contribution in [0, 0.1) is 11.7 Å². The van der Waals surface area contributed by atoms with Gasteiger partial charge in [0.2, 0.25) is 23.4 Å². The standard InChI is InChI=1S/C15H14FNO6/c1-2-23-15(22)12(14(17)21)13(20)11(19)7-10(18)8-3-5-9(16)6-4-8/h3-7,12,18H,2H2,1H3,(H2,17,21)/t12-/m1/s1. The quantitative estimate of drug-likeness (QED) is 0.248. The number of aliphatic hydroxyl groups is 1. The van der Waals surface area contributed by atoms with E-state index in [-0.39, 0.29) is 12.2 Å². The van der Waals surface area contributed by atoms with Crippen LogP contribution >= 0.6 is 0 Å². The number of allylic oxidation sites excluding steroid dienone is 1. The van der Waals surface area contributed by atoms with Crippen molar-refractivity contribution < 1.29 is 33.4 Å². The molecule has 1 amide bonds. The van der Waals surface area contributed by atoms with E-state index in [1.165, 1.54) is 19.1 Å². The van der Waals surface area contributed by atoms with Gasteiger partial charge < -0.3 is 15.6 Å². The van der Waals surface area contributed by atoms with Crippen molar-refractivity contribution in [1.29, 1.82) is 0 Å². The van der Waals surface area contributed by atoms with Crippen LogP contribution in [0.4, 0.5) is 4.39 Å². The highest BCUT2D eigenvalue weighted by Gasteiger charge is 2.37. The van der Waals surface area contributed by atoms with E-state index >= 15 is 0 Å². The highest BCUT2D eigenvalue weighted by molar-refractivity contribution is 6.49. The molecule has 0 fully saturated rings. The van der Waals surface area contributed by atoms with Crippen LogP contribution in [-0.2, 0) is 23.9 Å². The van der Waals surface area contributed by atoms with E-state index < -0.39 is 40.9 Å². The predicted molar refractivity (Wildman–Crippen MR) is 76.3 cm³/mol. The Balaban J connectivity index is 2.99. The molecule has 0 aromatic heterocycles. The van der Waals surface area contributed by atoms with Gasteiger partial charge in [0, 0.05) is 11.6 Å². The SMILES string of the molecule is CCOC(=O)[C@@H](C(N)=O)C(=O)C(=O)C=C(O)c1ccc(F)cc1. The summed E-state index contributed by atoms with van der Waals surface area (Å²) in [5, 5.41) is 9.73. The van der Waals surface area contributed by atoms with Crippen molar-refractivity contribution in [2.24, 2.45) is 11.7 Å². The largest absolute Gasteiger partial charge is 0.507 e. The number of rotatable bonds is 7. The molecule has 0 aliphatic rings. The summed E-state index contributed by atoms with van der Waals surface area (Å²) in [4.78, 5) is 46.3. The smallest absolute Gasteiger partial charge is 0.326 e. The van der Waals surface area contributed by atoms with Crippen molar-refractivity contribution in [3.8, 4) is 0 Å². The number of carbonyl (C=O) groups is 4. The molecule has 0 saturated heterocycles. The molecule has 0 spiro atoms. The Kier molecular flexibility index (Phi) is 6.13. The van der Waals surface area contributed by atoms with Gasteiger partial charge >= 0.3 is 5.97 Å². The summed E-state index contributed by atoms with van der Waals surface area (Å²) in [6.45, 7) is 1.34. The lowest BCUT2D eigenvalue weighted by Gasteiger charge is -2.09. The fourth-order valence-electron chi connectivity index (χ4n) is 1.62. The van der Waals surface area contributed by atoms with Crippen LogP contribution in [0.5, 0.6) is 0 Å². The van der Waals surface area contributed by atoms with Gasteiger partial charge in [-0.3, -0.25) is 19.2 Å². The third kappa shape index (κ3) is 4.73. The molecule has 8 heteroatoms. The van der Waals surface area contributed by atoms with Gasteiger partial charge in [0.1, 0.15) is 11.6 Å². The Morgan fingerprint density at radius 2 is 1.83 bits per heavy atom. The zero-order chi connectivity index (χ0) is 17.6. The van der Waals surface area contributed by atoms with Gasteiger partial charge in [-0.2, -0.15) is 0 Å². The number of nitrogens with two attached hydrogens (primary N) is 1. The summed E-state index contributed by atoms with van der Waals surface area (Å²) in [5.41, 5.74) is 5.00. The minimum atomic E-state index is -2.08. The molecule has 0 radical (unpaired) electrons. The van der Waals surface area contributed by atoms with E-state index in [1.54, 1.807) is 0 Å². The van der Waals surface area contributed by atoms with Crippen LogP contribution in [0.25, 0.3) is 5.76 Å². The van der Waals surface area contributed by atoms with E-state index in [0.717, 1.165) is 12.1 Å². The summed E-state index contributed by atoms with van der Waals surface area (Å²) >= 11 is 0. The van der Waals surface area contributed by atoms with E-state index in [4.69, 9.17) is 5.73 Å². The first-order valence-corrected chi connectivity index (χ1v) is 6.48. The summed E-state index contributed by atoms with van der Waals surface area (Å²) in [7, 11) is 0. The normalized spacial score (nSPS) is 12.3. The third-order valence-corrected chi connectivity index (χ3v) is 2.72. The van der Waals surface area contributed by atoms with E-state index in [2.05, 4.69) is 4.74 Å². The molecule has 0 aliphatic heterocycles. The van der Waals surface area contributed by atoms with Gasteiger partial charge in [-0.15, -0.1) is 0 Å². The van der Waals surface area contributed by atoms with Crippen LogP contribution in [0.15, 0.2) is 30.3 Å². The lowest BCUT2D eigenvalue weighted by Crippen LogP contribution is -2.40. The summed E-state index contributed by atoms with van der Waals surface area (Å²) in [6.07, 6.45) is 0.519. The molecule has 1 aromatic rings. The third-order valence-electron chi connectivity index (χ3n) is 2.72. The fraction of sp³-hybridized carbons (Fsp3) is 0.200. The molecule has 122 valence electrons. The summed E-state index contributed by atoms with van der Waals surface area (Å²) in [6, 6.07) is 4.43. The number of amides is 1. The molecule has 0 unspecified atom stereocenters. The molecule has 23 heavy (non-hydrogen) atoms. The highest BCUT2D eigenvalue weighted by Crippen LogP contribution is 2.13. The molecule has 7 nitrogen and oxygen atoms in total. The number of halogens is 1. The van der Waals surface area contributed by atoms with Gasteiger partial charge in [-0.25, -0.2) is 4.39 Å². The fourth-order valence-corrected chi connectivity index (χ4v) is 1.62. The van der Waals surface area contributed by atoms with Crippen molar-refractivity contribution in [2.45, 2.75) is 6.92 Å². The van der Waals surface area contributed by atoms with Crippen molar-refractivity contribution in [3.05, 3.63) is 41.7 Å². The van der Waals surface area contributed by atoms with E-state index in [1.807, 2.05) is 0 Å². The van der Waals surface area contributed by atoms with Crippen LogP contribution in [0.3, 0.4) is 0 Å². The lowest BCUT2D eigenvalue weighted by molar-refractivity contribution is -0.156. The maximum atomic E-state index is 12.8. The van der Waals surface area contributed by atoms with Crippen LogP contribution < -0.4 is 5.73 Å². The van der Waals surface area contributed by atoms with Crippen LogP contribution in [0.1, 0.15) is 12.5 Å². The Morgan fingerprint density at radius 3 is 2.30 bits per heavy atom. The van der Waals surface area contributed by atoms with Crippen molar-refractivity contribution in [3.63, 3.8) is 0 Å². The summed E-state index contributed by atoms with van der Waals surface area (Å²) in [5.74, 6) is -8.59. The van der Waals surface area contributed by atoms with Crippen molar-refractivity contribution in [1.82, 2.24) is 0 Å². The monoisotopic (exact) mass is 323 g/mol. The van der Waals surface area contributed by atoms with Crippen molar-refractivity contribution in [2.75, 3.05) is 6.61 Å².